The second-order valence-electron chi connectivity index (χ2n) is 3.09. The zero-order chi connectivity index (χ0) is 10.1. The highest BCUT2D eigenvalue weighted by molar-refractivity contribution is 5.70. The third-order valence-electron chi connectivity index (χ3n) is 1.96. The molecule has 0 radical (unpaired) electrons. The Bertz CT molecular complexity index is 237. The van der Waals surface area contributed by atoms with Gasteiger partial charge in [0.25, 0.3) is 0 Å². The molecular formula is C11H16N2O. The third-order valence-corrected chi connectivity index (χ3v) is 1.96. The number of amides is 1. The van der Waals surface area contributed by atoms with Gasteiger partial charge >= 0.3 is 0 Å². The van der Waals surface area contributed by atoms with Gasteiger partial charge in [-0.1, -0.05) is 18.2 Å². The van der Waals surface area contributed by atoms with E-state index in [9.17, 15) is 4.79 Å². The maximum atomic E-state index is 9.86. The molecule has 14 heavy (non-hydrogen) atoms. The molecule has 1 fully saturated rings. The van der Waals surface area contributed by atoms with Crippen LogP contribution in [-0.4, -0.2) is 19.5 Å². The van der Waals surface area contributed by atoms with Gasteiger partial charge in [0.1, 0.15) is 0 Å². The Morgan fingerprint density at radius 2 is 1.79 bits per heavy atom. The molecule has 0 aliphatic carbocycles. The zero-order valence-corrected chi connectivity index (χ0v) is 8.20. The monoisotopic (exact) mass is 192 g/mol. The first kappa shape index (κ1) is 10.7. The fraction of sp³-hybridized carbons (Fsp3) is 0.364. The average molecular weight is 192 g/mol. The van der Waals surface area contributed by atoms with Crippen LogP contribution >= 0.6 is 0 Å². The Hall–Kier alpha value is -1.35. The number of hydrogen-bond acceptors (Lipinski definition) is 2. The van der Waals surface area contributed by atoms with E-state index in [4.69, 9.17) is 0 Å². The molecule has 0 bridgehead atoms. The standard InChI is InChI=1S/C7H7NO.C4H9N/c9-6-8-7-4-2-1-3-5-7;1-2-4-5-3-1/h1-6H,(H,8,9);5H,1-4H2. The van der Waals surface area contributed by atoms with E-state index in [1.165, 1.54) is 25.9 Å². The van der Waals surface area contributed by atoms with Crippen LogP contribution in [0.25, 0.3) is 0 Å². The summed E-state index contributed by atoms with van der Waals surface area (Å²) in [6.45, 7) is 2.50. The van der Waals surface area contributed by atoms with Gasteiger partial charge in [-0.05, 0) is 38.1 Å². The first-order valence-corrected chi connectivity index (χ1v) is 4.89. The van der Waals surface area contributed by atoms with Crippen molar-refractivity contribution in [1.29, 1.82) is 0 Å². The van der Waals surface area contributed by atoms with Crippen LogP contribution in [0.4, 0.5) is 5.69 Å². The van der Waals surface area contributed by atoms with Crippen LogP contribution in [0.1, 0.15) is 12.8 Å². The molecule has 1 aliphatic heterocycles. The molecule has 1 saturated heterocycles. The van der Waals surface area contributed by atoms with Crippen LogP contribution in [0.2, 0.25) is 0 Å². The van der Waals surface area contributed by atoms with Gasteiger partial charge in [-0.2, -0.15) is 0 Å². The molecule has 3 heteroatoms. The summed E-state index contributed by atoms with van der Waals surface area (Å²) in [6.07, 6.45) is 3.44. The van der Waals surface area contributed by atoms with Gasteiger partial charge in [0.15, 0.2) is 0 Å². The van der Waals surface area contributed by atoms with Gasteiger partial charge in [-0.15, -0.1) is 0 Å². The Morgan fingerprint density at radius 1 is 1.14 bits per heavy atom. The van der Waals surface area contributed by atoms with Crippen molar-refractivity contribution in [3.8, 4) is 0 Å². The predicted octanol–water partition coefficient (Wildman–Crippen LogP) is 1.62. The lowest BCUT2D eigenvalue weighted by Gasteiger charge is -1.93. The van der Waals surface area contributed by atoms with Crippen LogP contribution in [0.5, 0.6) is 0 Å². The highest BCUT2D eigenvalue weighted by Gasteiger charge is 1.93. The number of anilines is 1. The maximum absolute atomic E-state index is 9.86. The molecule has 0 spiro atoms. The largest absolute Gasteiger partial charge is 0.329 e. The lowest BCUT2D eigenvalue weighted by atomic mass is 10.3. The number of carbonyl (C=O) groups excluding carboxylic acids is 1. The van der Waals surface area contributed by atoms with E-state index in [2.05, 4.69) is 10.6 Å². The van der Waals surface area contributed by atoms with Crippen molar-refractivity contribution in [1.82, 2.24) is 5.32 Å². The summed E-state index contributed by atoms with van der Waals surface area (Å²) in [4.78, 5) is 9.86. The summed E-state index contributed by atoms with van der Waals surface area (Å²) in [6, 6.07) is 9.29. The van der Waals surface area contributed by atoms with Gasteiger partial charge in [-0.3, -0.25) is 4.79 Å². The first-order valence-electron chi connectivity index (χ1n) is 4.89. The van der Waals surface area contributed by atoms with Crippen LogP contribution < -0.4 is 10.6 Å². The number of carbonyl (C=O) groups is 1. The first-order chi connectivity index (χ1) is 6.93. The van der Waals surface area contributed by atoms with Crippen LogP contribution in [0, 0.1) is 0 Å². The van der Waals surface area contributed by atoms with Crippen LogP contribution in [0.3, 0.4) is 0 Å². The normalized spacial score (nSPS) is 14.0. The topological polar surface area (TPSA) is 41.1 Å². The van der Waals surface area contributed by atoms with Gasteiger partial charge in [0.2, 0.25) is 6.41 Å². The summed E-state index contributed by atoms with van der Waals surface area (Å²) in [5, 5.41) is 5.75. The predicted molar refractivity (Wildman–Crippen MR) is 58.2 cm³/mol. The Kier molecular flexibility index (Phi) is 5.43. The van der Waals surface area contributed by atoms with Gasteiger partial charge in [0.05, 0.1) is 0 Å². The van der Waals surface area contributed by atoms with Crippen molar-refractivity contribution in [3.63, 3.8) is 0 Å². The molecule has 0 atom stereocenters. The van der Waals surface area contributed by atoms with Crippen molar-refractivity contribution in [2.24, 2.45) is 0 Å². The molecule has 1 amide bonds. The lowest BCUT2D eigenvalue weighted by molar-refractivity contribution is -0.105. The molecule has 1 aromatic rings. The molecule has 2 rings (SSSR count). The highest BCUT2D eigenvalue weighted by Crippen LogP contribution is 2.01. The Morgan fingerprint density at radius 3 is 2.21 bits per heavy atom. The number of benzene rings is 1. The summed E-state index contributed by atoms with van der Waals surface area (Å²) in [5.41, 5.74) is 0.826. The molecule has 1 aromatic carbocycles. The average Bonchev–Trinajstić information content (AvgIpc) is 2.78. The second kappa shape index (κ2) is 7.09. The van der Waals surface area contributed by atoms with Crippen molar-refractivity contribution in [2.45, 2.75) is 12.8 Å². The van der Waals surface area contributed by atoms with Gasteiger partial charge < -0.3 is 10.6 Å². The molecule has 0 unspecified atom stereocenters. The van der Waals surface area contributed by atoms with Gasteiger partial charge in [-0.25, -0.2) is 0 Å². The smallest absolute Gasteiger partial charge is 0.211 e. The SMILES string of the molecule is C1CCNC1.O=CNc1ccccc1. The van der Waals surface area contributed by atoms with Crippen molar-refractivity contribution in [2.75, 3.05) is 18.4 Å². The van der Waals surface area contributed by atoms with E-state index >= 15 is 0 Å². The van der Waals surface area contributed by atoms with E-state index in [-0.39, 0.29) is 0 Å². The molecule has 1 aliphatic rings. The molecule has 76 valence electrons. The fourth-order valence-corrected chi connectivity index (χ4v) is 1.23. The number of nitrogens with one attached hydrogen (secondary N) is 2. The molecule has 2 N–H and O–H groups in total. The second-order valence-corrected chi connectivity index (χ2v) is 3.09. The van der Waals surface area contributed by atoms with E-state index < -0.39 is 0 Å². The van der Waals surface area contributed by atoms with Crippen molar-refractivity contribution in [3.05, 3.63) is 30.3 Å². The molecule has 0 aromatic heterocycles. The quantitative estimate of drug-likeness (QED) is 0.699. The van der Waals surface area contributed by atoms with Crippen LogP contribution in [0.15, 0.2) is 30.3 Å². The van der Waals surface area contributed by atoms with E-state index in [1.807, 2.05) is 30.3 Å². The summed E-state index contributed by atoms with van der Waals surface area (Å²) < 4.78 is 0. The van der Waals surface area contributed by atoms with Crippen LogP contribution in [-0.2, 0) is 4.79 Å². The van der Waals surface area contributed by atoms with Gasteiger partial charge in [0, 0.05) is 5.69 Å². The summed E-state index contributed by atoms with van der Waals surface area (Å²) >= 11 is 0. The minimum atomic E-state index is 0.662. The van der Waals surface area contributed by atoms with E-state index in [0.29, 0.717) is 6.41 Å². The number of rotatable bonds is 2. The molecule has 1 heterocycles. The van der Waals surface area contributed by atoms with Crippen molar-refractivity contribution < 1.29 is 4.79 Å². The zero-order valence-electron chi connectivity index (χ0n) is 8.20. The minimum absolute atomic E-state index is 0.662. The Balaban J connectivity index is 0.000000165. The summed E-state index contributed by atoms with van der Waals surface area (Å²) in [5.74, 6) is 0. The number of hydrogen-bond donors (Lipinski definition) is 2. The lowest BCUT2D eigenvalue weighted by Crippen LogP contribution is -2.03. The summed E-state index contributed by atoms with van der Waals surface area (Å²) in [7, 11) is 0. The van der Waals surface area contributed by atoms with E-state index in [0.717, 1.165) is 5.69 Å². The fourth-order valence-electron chi connectivity index (χ4n) is 1.23. The molecule has 3 nitrogen and oxygen atoms in total. The van der Waals surface area contributed by atoms with E-state index in [1.54, 1.807) is 0 Å². The maximum Gasteiger partial charge on any atom is 0.211 e. The minimum Gasteiger partial charge on any atom is -0.329 e. The third kappa shape index (κ3) is 4.62. The highest BCUT2D eigenvalue weighted by atomic mass is 16.1. The number of para-hydroxylation sites is 1. The molecule has 0 saturated carbocycles. The Labute approximate surface area is 84.5 Å². The van der Waals surface area contributed by atoms with Crippen molar-refractivity contribution >= 4 is 12.1 Å². The molecular weight excluding hydrogens is 176 g/mol.